The van der Waals surface area contributed by atoms with Crippen molar-refractivity contribution in [1.29, 1.82) is 0 Å². The number of nitrogens with one attached hydrogen (secondary N) is 1. The fraction of sp³-hybridized carbons (Fsp3) is 0.543. The molecule has 11 heteroatoms. The van der Waals surface area contributed by atoms with E-state index in [1.165, 1.54) is 11.8 Å². The summed E-state index contributed by atoms with van der Waals surface area (Å²) in [5.74, 6) is 0.771. The smallest absolute Gasteiger partial charge is 0.222 e. The number of carbonyl (C=O) groups excluding carboxylic acids is 1. The van der Waals surface area contributed by atoms with Crippen molar-refractivity contribution in [2.75, 3.05) is 44.3 Å². The van der Waals surface area contributed by atoms with Gasteiger partial charge >= 0.3 is 0 Å². The van der Waals surface area contributed by atoms with E-state index >= 15 is 0 Å². The van der Waals surface area contributed by atoms with Gasteiger partial charge in [-0.3, -0.25) is 9.48 Å². The molecule has 3 aliphatic rings. The molecular weight excluding hydrogens is 620 g/mol. The predicted octanol–water partition coefficient (Wildman–Crippen LogP) is 5.73. The molecule has 0 spiro atoms. The number of anilines is 1. The number of nitrogens with zero attached hydrogens (tertiary/aromatic N) is 5. The summed E-state index contributed by atoms with van der Waals surface area (Å²) in [5, 5.41) is 9.33. The molecule has 1 N–H and O–H groups in total. The molecular formula is C35H47ClN6O3S. The van der Waals surface area contributed by atoms with Crippen LogP contribution in [0.15, 0.2) is 42.5 Å². The minimum absolute atomic E-state index is 0.324. The highest BCUT2D eigenvalue weighted by Gasteiger charge is 2.32. The molecule has 0 radical (unpaired) electrons. The average Bonchev–Trinajstić information content (AvgIpc) is 3.64. The first-order valence-electron chi connectivity index (χ1n) is 16.7. The molecule has 2 aromatic carbocycles. The lowest BCUT2D eigenvalue weighted by Gasteiger charge is -2.36. The van der Waals surface area contributed by atoms with E-state index in [0.29, 0.717) is 55.4 Å². The number of fused-ring (bicyclic) bond motifs is 1. The quantitative estimate of drug-likeness (QED) is 0.281. The van der Waals surface area contributed by atoms with Gasteiger partial charge in [0.25, 0.3) is 0 Å². The molecule has 9 nitrogen and oxygen atoms in total. The summed E-state index contributed by atoms with van der Waals surface area (Å²) in [4.78, 5) is 16.8. The Kier molecular flexibility index (Phi) is 10.1. The van der Waals surface area contributed by atoms with Crippen LogP contribution in [0, 0.1) is 0 Å². The Hall–Kier alpha value is -2.92. The number of hydrogen-bond acceptors (Lipinski definition) is 6. The van der Waals surface area contributed by atoms with Crippen LogP contribution in [0.5, 0.6) is 0 Å². The number of aromatic nitrogens is 2. The van der Waals surface area contributed by atoms with Crippen LogP contribution in [0.2, 0.25) is 5.02 Å². The summed E-state index contributed by atoms with van der Waals surface area (Å²) >= 11 is 6.68. The molecule has 0 aliphatic carbocycles. The summed E-state index contributed by atoms with van der Waals surface area (Å²) in [6, 6.07) is 14.9. The van der Waals surface area contributed by atoms with Crippen molar-refractivity contribution in [1.82, 2.24) is 23.9 Å². The Bertz CT molecular complexity index is 1660. The van der Waals surface area contributed by atoms with E-state index in [2.05, 4.69) is 64.0 Å². The maximum atomic E-state index is 12.6. The summed E-state index contributed by atoms with van der Waals surface area (Å²) < 4.78 is 28.8. The minimum Gasteiger partial charge on any atom is -0.381 e. The van der Waals surface area contributed by atoms with Crippen molar-refractivity contribution < 1.29 is 13.2 Å². The number of carbonyl (C=O) groups is 1. The second-order valence-electron chi connectivity index (χ2n) is 13.4. The molecule has 0 atom stereocenters. The second kappa shape index (κ2) is 14.1. The topological polar surface area (TPSA) is 90.8 Å². The van der Waals surface area contributed by atoms with Gasteiger partial charge in [-0.2, -0.15) is 9.40 Å². The first kappa shape index (κ1) is 33.0. The van der Waals surface area contributed by atoms with Gasteiger partial charge in [-0.25, -0.2) is 8.42 Å². The Morgan fingerprint density at radius 2 is 1.83 bits per heavy atom. The van der Waals surface area contributed by atoms with E-state index < -0.39 is 10.0 Å². The monoisotopic (exact) mass is 666 g/mol. The number of piperidine rings is 1. The van der Waals surface area contributed by atoms with Gasteiger partial charge in [0.15, 0.2) is 0 Å². The average molecular weight is 667 g/mol. The molecule has 46 heavy (non-hydrogen) atoms. The third-order valence-corrected chi connectivity index (χ3v) is 11.5. The van der Waals surface area contributed by atoms with E-state index in [0.717, 1.165) is 92.2 Å². The van der Waals surface area contributed by atoms with Crippen LogP contribution in [-0.4, -0.2) is 83.2 Å². The van der Waals surface area contributed by atoms with Crippen LogP contribution in [0.4, 0.5) is 5.69 Å². The molecule has 3 aromatic rings. The van der Waals surface area contributed by atoms with E-state index in [1.54, 1.807) is 4.31 Å². The van der Waals surface area contributed by atoms with E-state index in [1.807, 2.05) is 12.1 Å². The molecule has 2 fully saturated rings. The van der Waals surface area contributed by atoms with Gasteiger partial charge in [0.2, 0.25) is 15.9 Å². The van der Waals surface area contributed by atoms with Gasteiger partial charge < -0.3 is 15.1 Å². The first-order valence-corrected chi connectivity index (χ1v) is 19.0. The number of amides is 1. The number of likely N-dealkylation sites (tertiary alicyclic amines) is 2. The predicted molar refractivity (Wildman–Crippen MR) is 185 cm³/mol. The van der Waals surface area contributed by atoms with E-state index in [9.17, 15) is 13.2 Å². The van der Waals surface area contributed by atoms with Gasteiger partial charge in [-0.05, 0) is 73.5 Å². The molecule has 0 saturated carbocycles. The molecule has 1 amide bonds. The lowest BCUT2D eigenvalue weighted by atomic mass is 10.00. The zero-order valence-corrected chi connectivity index (χ0v) is 28.9. The molecule has 1 aromatic heterocycles. The van der Waals surface area contributed by atoms with Crippen molar-refractivity contribution in [3.8, 4) is 11.3 Å². The Balaban J connectivity index is 1.17. The Morgan fingerprint density at radius 1 is 1.02 bits per heavy atom. The number of aryl methyl sites for hydroxylation is 1. The van der Waals surface area contributed by atoms with Crippen LogP contribution >= 0.6 is 11.6 Å². The number of hydrogen-bond donors (Lipinski definition) is 1. The number of rotatable bonds is 11. The standard InChI is InChI=1S/C35H47ClN6O3S/c1-25(2)26-7-4-8-29(22-26)37-23-28-21-27(10-11-32(28)36)35-31-24-40(46(3,44)45)20-14-33(31)42(38-35)17-6-15-39-18-12-30(13-19-39)41-16-5-9-34(41)43/h4,7-8,10-11,21-22,25,30,37H,5-6,9,12-20,23-24H2,1-3H3. The van der Waals surface area contributed by atoms with Crippen molar-refractivity contribution in [2.45, 2.75) is 84.0 Å². The van der Waals surface area contributed by atoms with Gasteiger partial charge in [-0.1, -0.05) is 43.6 Å². The molecule has 0 unspecified atom stereocenters. The van der Waals surface area contributed by atoms with E-state index in [4.69, 9.17) is 16.7 Å². The third-order valence-electron chi connectivity index (χ3n) is 9.88. The highest BCUT2D eigenvalue weighted by molar-refractivity contribution is 7.88. The molecule has 248 valence electrons. The summed E-state index contributed by atoms with van der Waals surface area (Å²) in [6.45, 7) is 10.4. The van der Waals surface area contributed by atoms with Crippen LogP contribution in [0.3, 0.4) is 0 Å². The molecule has 0 bridgehead atoms. The molecule has 6 rings (SSSR count). The fourth-order valence-corrected chi connectivity index (χ4v) is 8.15. The number of sulfonamides is 1. The van der Waals surface area contributed by atoms with Crippen molar-refractivity contribution in [3.63, 3.8) is 0 Å². The van der Waals surface area contributed by atoms with Gasteiger partial charge in [0.05, 0.1) is 11.9 Å². The maximum absolute atomic E-state index is 12.6. The van der Waals surface area contributed by atoms with Crippen LogP contribution in [-0.2, 0) is 40.9 Å². The van der Waals surface area contributed by atoms with Crippen LogP contribution in [0.25, 0.3) is 11.3 Å². The van der Waals surface area contributed by atoms with Crippen molar-refractivity contribution in [2.24, 2.45) is 0 Å². The van der Waals surface area contributed by atoms with Gasteiger partial charge in [-0.15, -0.1) is 0 Å². The normalized spacial score (nSPS) is 18.5. The second-order valence-corrected chi connectivity index (χ2v) is 15.8. The van der Waals surface area contributed by atoms with Crippen LogP contribution in [0.1, 0.15) is 74.3 Å². The lowest BCUT2D eigenvalue weighted by Crippen LogP contribution is -2.45. The lowest BCUT2D eigenvalue weighted by molar-refractivity contribution is -0.130. The highest BCUT2D eigenvalue weighted by atomic mass is 35.5. The Morgan fingerprint density at radius 3 is 2.54 bits per heavy atom. The fourth-order valence-electron chi connectivity index (χ4n) is 7.18. The molecule has 3 aliphatic heterocycles. The third kappa shape index (κ3) is 7.46. The molecule has 4 heterocycles. The summed E-state index contributed by atoms with van der Waals surface area (Å²) in [5.41, 5.74) is 7.18. The van der Waals surface area contributed by atoms with E-state index in [-0.39, 0.29) is 0 Å². The minimum atomic E-state index is -3.33. The first-order chi connectivity index (χ1) is 22.1. The van der Waals surface area contributed by atoms with Crippen molar-refractivity contribution in [3.05, 3.63) is 69.9 Å². The number of halogens is 1. The SMILES string of the molecule is CC(C)c1cccc(NCc2cc(-c3nn(CCCN4CCC(N5CCCC5=O)CC4)c4c3CN(S(C)(=O)=O)CC4)ccc2Cl)c1. The molecule has 2 saturated heterocycles. The number of benzene rings is 2. The summed E-state index contributed by atoms with van der Waals surface area (Å²) in [7, 11) is -3.33. The van der Waals surface area contributed by atoms with Crippen LogP contribution < -0.4 is 5.32 Å². The largest absolute Gasteiger partial charge is 0.381 e. The highest BCUT2D eigenvalue weighted by Crippen LogP contribution is 2.33. The van der Waals surface area contributed by atoms with Crippen molar-refractivity contribution >= 4 is 33.2 Å². The van der Waals surface area contributed by atoms with Gasteiger partial charge in [0, 0.05) is 92.2 Å². The zero-order chi connectivity index (χ0) is 32.4. The zero-order valence-electron chi connectivity index (χ0n) is 27.3. The van der Waals surface area contributed by atoms with Gasteiger partial charge in [0.1, 0.15) is 0 Å². The summed E-state index contributed by atoms with van der Waals surface area (Å²) in [6.07, 6.45) is 6.68. The maximum Gasteiger partial charge on any atom is 0.222 e. The Labute approximate surface area is 278 Å².